The lowest BCUT2D eigenvalue weighted by molar-refractivity contribution is 0.569. The molecule has 2 heteroatoms. The third kappa shape index (κ3) is 4.51. The zero-order valence-electron chi connectivity index (χ0n) is 15.4. The predicted octanol–water partition coefficient (Wildman–Crippen LogP) is 5.82. The highest BCUT2D eigenvalue weighted by Crippen LogP contribution is 2.33. The number of aromatic nitrogens is 1. The molecule has 0 aliphatic heterocycles. The van der Waals surface area contributed by atoms with E-state index < -0.39 is 0 Å². The Morgan fingerprint density at radius 3 is 1.91 bits per heavy atom. The maximum Gasteiger partial charge on any atom is 0.0638 e. The van der Waals surface area contributed by atoms with Crippen LogP contribution in [0.1, 0.15) is 65.2 Å². The van der Waals surface area contributed by atoms with Crippen molar-refractivity contribution in [2.45, 2.75) is 59.3 Å². The number of hydrogen-bond acceptors (Lipinski definition) is 2. The zero-order chi connectivity index (χ0) is 17.3. The summed E-state index contributed by atoms with van der Waals surface area (Å²) in [7, 11) is 0. The monoisotopic (exact) mass is 308 g/mol. The fourth-order valence-corrected chi connectivity index (χ4v) is 2.38. The van der Waals surface area contributed by atoms with Gasteiger partial charge in [-0.25, -0.2) is 0 Å². The molecule has 0 N–H and O–H groups in total. The number of benzene rings is 1. The summed E-state index contributed by atoms with van der Waals surface area (Å²) in [5.41, 5.74) is 5.92. The average Bonchev–Trinajstić information content (AvgIpc) is 2.46. The van der Waals surface area contributed by atoms with Crippen LogP contribution in [-0.4, -0.2) is 10.7 Å². The first-order valence-electron chi connectivity index (χ1n) is 8.19. The highest BCUT2D eigenvalue weighted by Gasteiger charge is 2.20. The van der Waals surface area contributed by atoms with E-state index in [9.17, 15) is 0 Å². The van der Waals surface area contributed by atoms with Crippen LogP contribution in [0.3, 0.4) is 0 Å². The maximum atomic E-state index is 4.85. The Morgan fingerprint density at radius 1 is 0.913 bits per heavy atom. The first-order valence-corrected chi connectivity index (χ1v) is 8.19. The van der Waals surface area contributed by atoms with Crippen LogP contribution in [0.2, 0.25) is 0 Å². The second-order valence-corrected chi connectivity index (χ2v) is 8.21. The van der Waals surface area contributed by atoms with Crippen molar-refractivity contribution in [1.29, 1.82) is 0 Å². The Kier molecular flexibility index (Phi) is 4.74. The second-order valence-electron chi connectivity index (χ2n) is 8.21. The van der Waals surface area contributed by atoms with Gasteiger partial charge in [0.15, 0.2) is 0 Å². The van der Waals surface area contributed by atoms with Crippen LogP contribution in [0.4, 0.5) is 5.69 Å². The Labute approximate surface area is 140 Å². The lowest BCUT2D eigenvalue weighted by Crippen LogP contribution is -2.16. The van der Waals surface area contributed by atoms with E-state index in [1.807, 2.05) is 25.3 Å². The molecule has 2 nitrogen and oxygen atoms in total. The molecule has 0 fully saturated rings. The molecule has 0 radical (unpaired) electrons. The smallest absolute Gasteiger partial charge is 0.0638 e. The van der Waals surface area contributed by atoms with E-state index in [0.717, 1.165) is 17.0 Å². The molecule has 23 heavy (non-hydrogen) atoms. The Hall–Kier alpha value is -1.96. The van der Waals surface area contributed by atoms with Crippen molar-refractivity contribution in [3.05, 3.63) is 59.4 Å². The van der Waals surface area contributed by atoms with Crippen LogP contribution in [0.15, 0.2) is 47.7 Å². The van der Waals surface area contributed by atoms with Gasteiger partial charge >= 0.3 is 0 Å². The Balaban J connectivity index is 2.54. The van der Waals surface area contributed by atoms with Gasteiger partial charge in [0, 0.05) is 23.7 Å². The summed E-state index contributed by atoms with van der Waals surface area (Å²) in [6.07, 6.45) is 3.64. The summed E-state index contributed by atoms with van der Waals surface area (Å²) < 4.78 is 0. The van der Waals surface area contributed by atoms with Gasteiger partial charge in [-0.3, -0.25) is 9.98 Å². The van der Waals surface area contributed by atoms with E-state index in [1.54, 1.807) is 6.20 Å². The van der Waals surface area contributed by atoms with E-state index in [-0.39, 0.29) is 10.8 Å². The summed E-state index contributed by atoms with van der Waals surface area (Å²) in [4.78, 5) is 9.03. The normalized spacial score (nSPS) is 13.3. The molecule has 0 atom stereocenters. The molecule has 0 aliphatic carbocycles. The van der Waals surface area contributed by atoms with E-state index >= 15 is 0 Å². The minimum absolute atomic E-state index is 0.105. The maximum absolute atomic E-state index is 4.85. The molecule has 0 aliphatic rings. The third-order valence-corrected chi connectivity index (χ3v) is 4.03. The number of pyridine rings is 1. The molecule has 2 aromatic rings. The highest BCUT2D eigenvalue weighted by molar-refractivity contribution is 5.99. The van der Waals surface area contributed by atoms with E-state index in [2.05, 4.69) is 64.7 Å². The Bertz CT molecular complexity index is 667. The number of hydrogen-bond donors (Lipinski definition) is 0. The topological polar surface area (TPSA) is 25.2 Å². The minimum atomic E-state index is 0.105. The number of rotatable bonds is 2. The van der Waals surface area contributed by atoms with Crippen molar-refractivity contribution >= 4 is 11.4 Å². The summed E-state index contributed by atoms with van der Waals surface area (Å²) in [5.74, 6) is 0. The summed E-state index contributed by atoms with van der Waals surface area (Å²) in [5, 5.41) is 0. The molecule has 1 aromatic heterocycles. The van der Waals surface area contributed by atoms with Gasteiger partial charge in [0.2, 0.25) is 0 Å². The van der Waals surface area contributed by atoms with Crippen molar-refractivity contribution in [3.63, 3.8) is 0 Å². The molecule has 122 valence electrons. The van der Waals surface area contributed by atoms with Crippen LogP contribution in [0.25, 0.3) is 0 Å². The first kappa shape index (κ1) is 17.4. The quantitative estimate of drug-likeness (QED) is 0.642. The van der Waals surface area contributed by atoms with Crippen LogP contribution in [0, 0.1) is 0 Å². The molecule has 0 saturated carbocycles. The molecule has 0 bridgehead atoms. The SMILES string of the molecule is CC(=Nc1cc(C(C)(C)C)cc(C(C)(C)C)c1)c1cccnc1. The van der Waals surface area contributed by atoms with E-state index in [1.165, 1.54) is 11.1 Å². The Morgan fingerprint density at radius 2 is 1.48 bits per heavy atom. The summed E-state index contributed by atoms with van der Waals surface area (Å²) in [6, 6.07) is 10.7. The molecule has 1 heterocycles. The fraction of sp³-hybridized carbons (Fsp3) is 0.429. The lowest BCUT2D eigenvalue weighted by atomic mass is 9.80. The highest BCUT2D eigenvalue weighted by atomic mass is 14.7. The van der Waals surface area contributed by atoms with Crippen LogP contribution in [-0.2, 0) is 10.8 Å². The van der Waals surface area contributed by atoms with Crippen LogP contribution < -0.4 is 0 Å². The molecular formula is C21H28N2. The van der Waals surface area contributed by atoms with Gasteiger partial charge in [-0.05, 0) is 47.1 Å². The molecule has 0 saturated heterocycles. The number of nitrogens with zero attached hydrogens (tertiary/aromatic N) is 2. The second kappa shape index (κ2) is 6.27. The van der Waals surface area contributed by atoms with Crippen molar-refractivity contribution in [2.75, 3.05) is 0 Å². The average molecular weight is 308 g/mol. The van der Waals surface area contributed by atoms with Gasteiger partial charge in [0.05, 0.1) is 5.69 Å². The standard InChI is InChI=1S/C21H28N2/c1-15(16-9-8-10-22-14-16)23-19-12-17(20(2,3)4)11-18(13-19)21(5,6)7/h8-14H,1-7H3. The van der Waals surface area contributed by atoms with Gasteiger partial charge in [-0.15, -0.1) is 0 Å². The molecule has 1 aromatic carbocycles. The molecule has 0 amide bonds. The molecular weight excluding hydrogens is 280 g/mol. The van der Waals surface area contributed by atoms with Crippen molar-refractivity contribution in [1.82, 2.24) is 4.98 Å². The third-order valence-electron chi connectivity index (χ3n) is 4.03. The van der Waals surface area contributed by atoms with Crippen molar-refractivity contribution in [3.8, 4) is 0 Å². The lowest BCUT2D eigenvalue weighted by Gasteiger charge is -2.25. The van der Waals surface area contributed by atoms with Crippen molar-refractivity contribution in [2.24, 2.45) is 4.99 Å². The minimum Gasteiger partial charge on any atom is -0.264 e. The van der Waals surface area contributed by atoms with Gasteiger partial charge in [0.25, 0.3) is 0 Å². The predicted molar refractivity (Wildman–Crippen MR) is 100.0 cm³/mol. The van der Waals surface area contributed by atoms with Gasteiger partial charge < -0.3 is 0 Å². The van der Waals surface area contributed by atoms with E-state index in [4.69, 9.17) is 4.99 Å². The summed E-state index contributed by atoms with van der Waals surface area (Å²) in [6.45, 7) is 15.5. The largest absolute Gasteiger partial charge is 0.264 e. The molecule has 0 spiro atoms. The molecule has 2 rings (SSSR count). The van der Waals surface area contributed by atoms with Gasteiger partial charge in [-0.2, -0.15) is 0 Å². The van der Waals surface area contributed by atoms with Crippen LogP contribution >= 0.6 is 0 Å². The summed E-state index contributed by atoms with van der Waals surface area (Å²) >= 11 is 0. The van der Waals surface area contributed by atoms with Crippen molar-refractivity contribution < 1.29 is 0 Å². The van der Waals surface area contributed by atoms with Gasteiger partial charge in [0.1, 0.15) is 0 Å². The van der Waals surface area contributed by atoms with Gasteiger partial charge in [-0.1, -0.05) is 53.7 Å². The fourth-order valence-electron chi connectivity index (χ4n) is 2.38. The zero-order valence-corrected chi connectivity index (χ0v) is 15.4. The first-order chi connectivity index (χ1) is 10.6. The van der Waals surface area contributed by atoms with Crippen LogP contribution in [0.5, 0.6) is 0 Å². The van der Waals surface area contributed by atoms with E-state index in [0.29, 0.717) is 0 Å². The molecule has 0 unspecified atom stereocenters. The number of aliphatic imine (C=N–C) groups is 1.